The van der Waals surface area contributed by atoms with Crippen molar-refractivity contribution in [2.24, 2.45) is 0 Å². The second-order valence-electron chi connectivity index (χ2n) is 5.30. The van der Waals surface area contributed by atoms with E-state index in [2.05, 4.69) is 5.32 Å². The van der Waals surface area contributed by atoms with Crippen LogP contribution in [0.15, 0.2) is 54.6 Å². The summed E-state index contributed by atoms with van der Waals surface area (Å²) in [7, 11) is 3.03. The molecule has 0 bridgehead atoms. The Morgan fingerprint density at radius 2 is 1.67 bits per heavy atom. The fourth-order valence-electron chi connectivity index (χ4n) is 2.13. The van der Waals surface area contributed by atoms with Gasteiger partial charge in [0.2, 0.25) is 0 Å². The van der Waals surface area contributed by atoms with Crippen molar-refractivity contribution in [1.29, 1.82) is 0 Å². The van der Waals surface area contributed by atoms with Crippen LogP contribution >= 0.6 is 0 Å². The summed E-state index contributed by atoms with van der Waals surface area (Å²) < 4.78 is 15.1. The van der Waals surface area contributed by atoms with Crippen molar-refractivity contribution >= 4 is 23.9 Å². The van der Waals surface area contributed by atoms with Gasteiger partial charge in [0.05, 0.1) is 14.2 Å². The van der Waals surface area contributed by atoms with Crippen LogP contribution in [0.1, 0.15) is 15.9 Å². The zero-order valence-corrected chi connectivity index (χ0v) is 14.9. The molecule has 27 heavy (non-hydrogen) atoms. The third-order valence-electron chi connectivity index (χ3n) is 3.45. The Labute approximate surface area is 156 Å². The van der Waals surface area contributed by atoms with E-state index in [0.29, 0.717) is 22.6 Å². The zero-order valence-electron chi connectivity index (χ0n) is 14.9. The molecule has 0 atom stereocenters. The molecular weight excluding hydrogens is 350 g/mol. The van der Waals surface area contributed by atoms with Crippen LogP contribution in [0.2, 0.25) is 0 Å². The van der Waals surface area contributed by atoms with Crippen LogP contribution in [0, 0.1) is 0 Å². The molecule has 7 heteroatoms. The van der Waals surface area contributed by atoms with Gasteiger partial charge in [0.15, 0.2) is 18.1 Å². The number of benzene rings is 2. The highest BCUT2D eigenvalue weighted by Gasteiger charge is 2.11. The molecule has 140 valence electrons. The molecule has 0 fully saturated rings. The quantitative estimate of drug-likeness (QED) is 0.594. The maximum atomic E-state index is 11.8. The molecule has 0 radical (unpaired) electrons. The Morgan fingerprint density at radius 3 is 2.33 bits per heavy atom. The standard InChI is InChI=1S/C20H19NO6/c1-25-16-10-8-14(12-17(16)26-2)9-11-19(23)27-13-18(22)21-20(24)15-6-4-3-5-7-15/h3-12H,13H2,1-2H3,(H,21,22,24)/b11-9+. The number of methoxy groups -OCH3 is 2. The van der Waals surface area contributed by atoms with Gasteiger partial charge in [0.25, 0.3) is 11.8 Å². The smallest absolute Gasteiger partial charge is 0.331 e. The molecule has 0 aliphatic rings. The van der Waals surface area contributed by atoms with Gasteiger partial charge in [0.1, 0.15) is 0 Å². The van der Waals surface area contributed by atoms with Gasteiger partial charge >= 0.3 is 5.97 Å². The number of nitrogens with one attached hydrogen (secondary N) is 1. The molecule has 0 spiro atoms. The Kier molecular flexibility index (Phi) is 7.13. The van der Waals surface area contributed by atoms with Crippen molar-refractivity contribution in [1.82, 2.24) is 5.32 Å². The predicted molar refractivity (Wildman–Crippen MR) is 98.5 cm³/mol. The van der Waals surface area contributed by atoms with Crippen LogP contribution in [-0.2, 0) is 14.3 Å². The summed E-state index contributed by atoms with van der Waals surface area (Å²) >= 11 is 0. The number of hydrogen-bond acceptors (Lipinski definition) is 6. The van der Waals surface area contributed by atoms with Gasteiger partial charge < -0.3 is 14.2 Å². The molecule has 2 aromatic rings. The summed E-state index contributed by atoms with van der Waals surface area (Å²) in [6, 6.07) is 13.4. The molecule has 0 aliphatic heterocycles. The number of hydrogen-bond donors (Lipinski definition) is 1. The summed E-state index contributed by atoms with van der Waals surface area (Å²) in [4.78, 5) is 35.2. The molecule has 0 saturated heterocycles. The van der Waals surface area contributed by atoms with Gasteiger partial charge in [-0.2, -0.15) is 0 Å². The minimum atomic E-state index is -0.716. The van der Waals surface area contributed by atoms with E-state index in [-0.39, 0.29) is 0 Å². The number of carbonyl (C=O) groups excluding carboxylic acids is 3. The first-order valence-corrected chi connectivity index (χ1v) is 7.99. The van der Waals surface area contributed by atoms with Crippen molar-refractivity contribution in [3.05, 3.63) is 65.7 Å². The number of esters is 1. The van der Waals surface area contributed by atoms with Crippen molar-refractivity contribution in [2.75, 3.05) is 20.8 Å². The lowest BCUT2D eigenvalue weighted by Crippen LogP contribution is -2.33. The second kappa shape index (κ2) is 9.76. The highest BCUT2D eigenvalue weighted by Crippen LogP contribution is 2.27. The number of amides is 2. The van der Waals surface area contributed by atoms with E-state index in [1.54, 1.807) is 48.5 Å². The highest BCUT2D eigenvalue weighted by molar-refractivity contribution is 6.05. The molecule has 0 aromatic heterocycles. The van der Waals surface area contributed by atoms with Gasteiger partial charge in [-0.25, -0.2) is 4.79 Å². The fraction of sp³-hybridized carbons (Fsp3) is 0.150. The van der Waals surface area contributed by atoms with Gasteiger partial charge in [-0.3, -0.25) is 14.9 Å². The van der Waals surface area contributed by atoms with Crippen molar-refractivity contribution in [2.45, 2.75) is 0 Å². The molecule has 7 nitrogen and oxygen atoms in total. The fourth-order valence-corrected chi connectivity index (χ4v) is 2.13. The average Bonchev–Trinajstić information content (AvgIpc) is 2.71. The number of ether oxygens (including phenoxy) is 3. The summed E-state index contributed by atoms with van der Waals surface area (Å²) in [5.41, 5.74) is 1.03. The molecule has 0 aliphatic carbocycles. The van der Waals surface area contributed by atoms with Crippen molar-refractivity contribution in [3.63, 3.8) is 0 Å². The van der Waals surface area contributed by atoms with E-state index in [0.717, 1.165) is 0 Å². The van der Waals surface area contributed by atoms with Gasteiger partial charge in [-0.1, -0.05) is 24.3 Å². The monoisotopic (exact) mass is 369 g/mol. The largest absolute Gasteiger partial charge is 0.493 e. The van der Waals surface area contributed by atoms with Gasteiger partial charge in [-0.15, -0.1) is 0 Å². The molecule has 2 rings (SSSR count). The third-order valence-corrected chi connectivity index (χ3v) is 3.45. The first-order chi connectivity index (χ1) is 13.0. The lowest BCUT2D eigenvalue weighted by atomic mass is 10.2. The van der Waals surface area contributed by atoms with Gasteiger partial charge in [0, 0.05) is 11.6 Å². The first kappa shape index (κ1) is 19.7. The number of imide groups is 1. The highest BCUT2D eigenvalue weighted by atomic mass is 16.5. The lowest BCUT2D eigenvalue weighted by molar-refractivity contribution is -0.143. The van der Waals surface area contributed by atoms with Crippen LogP contribution in [0.4, 0.5) is 0 Å². The van der Waals surface area contributed by atoms with Crippen LogP contribution in [0.5, 0.6) is 11.5 Å². The van der Waals surface area contributed by atoms with E-state index in [1.165, 1.54) is 26.4 Å². The SMILES string of the molecule is COc1ccc(/C=C/C(=O)OCC(=O)NC(=O)c2ccccc2)cc1OC. The molecule has 0 heterocycles. The van der Waals surface area contributed by atoms with E-state index in [4.69, 9.17) is 14.2 Å². The Balaban J connectivity index is 1.84. The van der Waals surface area contributed by atoms with E-state index >= 15 is 0 Å². The maximum absolute atomic E-state index is 11.8. The lowest BCUT2D eigenvalue weighted by Gasteiger charge is -2.07. The molecule has 0 unspecified atom stereocenters. The van der Waals surface area contributed by atoms with Crippen LogP contribution < -0.4 is 14.8 Å². The van der Waals surface area contributed by atoms with Crippen LogP contribution in [-0.4, -0.2) is 38.6 Å². The topological polar surface area (TPSA) is 90.9 Å². The summed E-state index contributed by atoms with van der Waals surface area (Å²) in [5.74, 6) is -0.898. The van der Waals surface area contributed by atoms with Crippen molar-refractivity contribution in [3.8, 4) is 11.5 Å². The molecule has 2 aromatic carbocycles. The van der Waals surface area contributed by atoms with E-state index in [9.17, 15) is 14.4 Å². The maximum Gasteiger partial charge on any atom is 0.331 e. The van der Waals surface area contributed by atoms with Gasteiger partial charge in [-0.05, 0) is 35.9 Å². The number of carbonyl (C=O) groups is 3. The average molecular weight is 369 g/mol. The zero-order chi connectivity index (χ0) is 19.6. The Morgan fingerprint density at radius 1 is 0.963 bits per heavy atom. The van der Waals surface area contributed by atoms with Crippen molar-refractivity contribution < 1.29 is 28.6 Å². The summed E-state index contributed by atoms with van der Waals surface area (Å²) in [5, 5.41) is 2.14. The summed E-state index contributed by atoms with van der Waals surface area (Å²) in [6.07, 6.45) is 2.69. The molecule has 2 amide bonds. The summed E-state index contributed by atoms with van der Waals surface area (Å²) in [6.45, 7) is -0.562. The van der Waals surface area contributed by atoms with Crippen LogP contribution in [0.3, 0.4) is 0 Å². The minimum Gasteiger partial charge on any atom is -0.493 e. The predicted octanol–water partition coefficient (Wildman–Crippen LogP) is 2.22. The molecule has 0 saturated carbocycles. The second-order valence-corrected chi connectivity index (χ2v) is 5.30. The number of rotatable bonds is 7. The Bertz CT molecular complexity index is 845. The van der Waals surface area contributed by atoms with E-state index < -0.39 is 24.4 Å². The first-order valence-electron chi connectivity index (χ1n) is 7.99. The molecule has 1 N–H and O–H groups in total. The minimum absolute atomic E-state index is 0.338. The normalized spacial score (nSPS) is 10.3. The third kappa shape index (κ3) is 6.00. The Hall–Kier alpha value is -3.61. The van der Waals surface area contributed by atoms with Crippen LogP contribution in [0.25, 0.3) is 6.08 Å². The van der Waals surface area contributed by atoms with E-state index in [1.807, 2.05) is 0 Å². The molecular formula is C20H19NO6.